The molecule has 2 heterocycles. The first-order valence-corrected chi connectivity index (χ1v) is 7.37. The van der Waals surface area contributed by atoms with Gasteiger partial charge in [0.15, 0.2) is 0 Å². The van der Waals surface area contributed by atoms with Gasteiger partial charge in [0.05, 0.1) is 12.0 Å². The van der Waals surface area contributed by atoms with Crippen LogP contribution in [0.2, 0.25) is 0 Å². The third kappa shape index (κ3) is 2.83. The molecule has 5 nitrogen and oxygen atoms in total. The number of nitrogens with zero attached hydrogens (tertiary/aromatic N) is 1. The van der Waals surface area contributed by atoms with E-state index >= 15 is 0 Å². The van der Waals surface area contributed by atoms with Crippen LogP contribution < -0.4 is 10.6 Å². The van der Waals surface area contributed by atoms with Gasteiger partial charge in [-0.25, -0.2) is 4.98 Å². The maximum absolute atomic E-state index is 12.6. The molecule has 0 saturated heterocycles. The monoisotopic (exact) mass is 284 g/mol. The number of carbonyl (C=O) groups is 1. The lowest BCUT2D eigenvalue weighted by molar-refractivity contribution is -0.123. The van der Waals surface area contributed by atoms with Crippen LogP contribution in [0.25, 0.3) is 0 Å². The third-order valence-corrected chi connectivity index (χ3v) is 3.99. The Morgan fingerprint density at radius 3 is 3.10 bits per heavy atom. The van der Waals surface area contributed by atoms with Crippen molar-refractivity contribution in [3.05, 3.63) is 53.6 Å². The molecule has 1 aromatic heterocycles. The zero-order valence-electron chi connectivity index (χ0n) is 12.1. The second-order valence-electron chi connectivity index (χ2n) is 5.33. The smallest absolute Gasteiger partial charge is 0.229 e. The summed E-state index contributed by atoms with van der Waals surface area (Å²) >= 11 is 0. The zero-order valence-corrected chi connectivity index (χ0v) is 12.1. The van der Waals surface area contributed by atoms with E-state index in [2.05, 4.69) is 26.7 Å². The molecule has 110 valence electrons. The van der Waals surface area contributed by atoms with Gasteiger partial charge in [-0.2, -0.15) is 0 Å². The summed E-state index contributed by atoms with van der Waals surface area (Å²) in [7, 11) is 0. The highest BCUT2D eigenvalue weighted by Crippen LogP contribution is 2.25. The number of H-pyrrole nitrogens is 1. The quantitative estimate of drug-likeness (QED) is 0.802. The van der Waals surface area contributed by atoms with Crippen LogP contribution in [0.4, 0.5) is 0 Å². The summed E-state index contributed by atoms with van der Waals surface area (Å²) in [6.45, 7) is 3.55. The summed E-state index contributed by atoms with van der Waals surface area (Å²) in [5.74, 6) is 0.722. The number of rotatable bonds is 4. The molecule has 2 atom stereocenters. The van der Waals surface area contributed by atoms with Crippen LogP contribution in [-0.4, -0.2) is 22.4 Å². The van der Waals surface area contributed by atoms with Gasteiger partial charge in [0, 0.05) is 25.5 Å². The first kappa shape index (κ1) is 13.8. The van der Waals surface area contributed by atoms with Crippen molar-refractivity contribution in [1.82, 2.24) is 20.6 Å². The second kappa shape index (κ2) is 6.10. The number of aromatic amines is 1. The number of carbonyl (C=O) groups excluding carboxylic acids is 1. The van der Waals surface area contributed by atoms with Gasteiger partial charge in [0.1, 0.15) is 5.82 Å². The normalized spacial score (nSPS) is 18.8. The van der Waals surface area contributed by atoms with E-state index in [1.807, 2.05) is 25.1 Å². The predicted molar refractivity (Wildman–Crippen MR) is 80.7 cm³/mol. The van der Waals surface area contributed by atoms with Crippen LogP contribution in [0.5, 0.6) is 0 Å². The first-order valence-electron chi connectivity index (χ1n) is 7.37. The molecule has 0 aliphatic carbocycles. The number of imidazole rings is 1. The van der Waals surface area contributed by atoms with Crippen molar-refractivity contribution in [2.24, 2.45) is 0 Å². The number of benzene rings is 1. The van der Waals surface area contributed by atoms with E-state index in [9.17, 15) is 4.79 Å². The standard InChI is InChI=1S/C16H20N4O/c1-2-14(15-18-7-8-19-15)20-16(21)13-10-17-9-11-5-3-4-6-12(11)13/h3-8,13-14,17H,2,9-10H2,1H3,(H,18,19)(H,20,21). The maximum atomic E-state index is 12.6. The highest BCUT2D eigenvalue weighted by molar-refractivity contribution is 5.85. The highest BCUT2D eigenvalue weighted by atomic mass is 16.2. The molecule has 1 amide bonds. The molecule has 5 heteroatoms. The minimum absolute atomic E-state index is 0.0536. The summed E-state index contributed by atoms with van der Waals surface area (Å²) in [5, 5.41) is 6.42. The van der Waals surface area contributed by atoms with Crippen molar-refractivity contribution in [3.8, 4) is 0 Å². The van der Waals surface area contributed by atoms with E-state index < -0.39 is 0 Å². The Kier molecular flexibility index (Phi) is 4.01. The van der Waals surface area contributed by atoms with E-state index in [1.54, 1.807) is 12.4 Å². The average Bonchev–Trinajstić information content (AvgIpc) is 3.06. The molecule has 0 spiro atoms. The summed E-state index contributed by atoms with van der Waals surface area (Å²) < 4.78 is 0. The number of hydrogen-bond acceptors (Lipinski definition) is 3. The molecule has 0 saturated carbocycles. The van der Waals surface area contributed by atoms with Crippen LogP contribution >= 0.6 is 0 Å². The van der Waals surface area contributed by atoms with Crippen molar-refractivity contribution >= 4 is 5.91 Å². The number of amides is 1. The van der Waals surface area contributed by atoms with Gasteiger partial charge >= 0.3 is 0 Å². The fourth-order valence-corrected chi connectivity index (χ4v) is 2.83. The van der Waals surface area contributed by atoms with Gasteiger partial charge in [0.25, 0.3) is 0 Å². The van der Waals surface area contributed by atoms with E-state index in [-0.39, 0.29) is 17.9 Å². The molecule has 21 heavy (non-hydrogen) atoms. The van der Waals surface area contributed by atoms with E-state index in [0.29, 0.717) is 6.54 Å². The molecule has 1 aromatic carbocycles. The largest absolute Gasteiger partial charge is 0.347 e. The summed E-state index contributed by atoms with van der Waals surface area (Å²) in [4.78, 5) is 20.0. The Morgan fingerprint density at radius 2 is 2.33 bits per heavy atom. The molecule has 0 bridgehead atoms. The van der Waals surface area contributed by atoms with Crippen LogP contribution in [0, 0.1) is 0 Å². The van der Waals surface area contributed by atoms with Gasteiger partial charge in [-0.3, -0.25) is 4.79 Å². The molecule has 3 rings (SSSR count). The third-order valence-electron chi connectivity index (χ3n) is 3.99. The van der Waals surface area contributed by atoms with Crippen molar-refractivity contribution < 1.29 is 4.79 Å². The molecule has 1 aliphatic heterocycles. The lowest BCUT2D eigenvalue weighted by atomic mass is 9.90. The van der Waals surface area contributed by atoms with Crippen LogP contribution in [0.3, 0.4) is 0 Å². The number of aromatic nitrogens is 2. The van der Waals surface area contributed by atoms with Crippen molar-refractivity contribution in [3.63, 3.8) is 0 Å². The van der Waals surface area contributed by atoms with Crippen LogP contribution in [-0.2, 0) is 11.3 Å². The molecular formula is C16H20N4O. The van der Waals surface area contributed by atoms with Crippen molar-refractivity contribution in [2.45, 2.75) is 31.8 Å². The molecule has 2 aromatic rings. The molecule has 2 unspecified atom stereocenters. The van der Waals surface area contributed by atoms with Gasteiger partial charge in [-0.1, -0.05) is 31.2 Å². The number of nitrogens with one attached hydrogen (secondary N) is 3. The number of hydrogen-bond donors (Lipinski definition) is 3. The van der Waals surface area contributed by atoms with Gasteiger partial charge in [0.2, 0.25) is 5.91 Å². The first-order chi connectivity index (χ1) is 10.3. The fourth-order valence-electron chi connectivity index (χ4n) is 2.83. The molecule has 3 N–H and O–H groups in total. The Bertz CT molecular complexity index is 608. The molecular weight excluding hydrogens is 264 g/mol. The number of fused-ring (bicyclic) bond motifs is 1. The minimum atomic E-state index is -0.140. The zero-order chi connectivity index (χ0) is 14.7. The van der Waals surface area contributed by atoms with Crippen LogP contribution in [0.15, 0.2) is 36.7 Å². The SMILES string of the molecule is CCC(NC(=O)C1CNCc2ccccc21)c1ncc[nH]1. The molecule has 0 radical (unpaired) electrons. The van der Waals surface area contributed by atoms with Gasteiger partial charge in [-0.15, -0.1) is 0 Å². The van der Waals surface area contributed by atoms with Crippen LogP contribution in [0.1, 0.15) is 42.3 Å². The molecule has 0 fully saturated rings. The molecule has 1 aliphatic rings. The lowest BCUT2D eigenvalue weighted by Crippen LogP contribution is -2.40. The second-order valence-corrected chi connectivity index (χ2v) is 5.33. The van der Waals surface area contributed by atoms with Crippen molar-refractivity contribution in [2.75, 3.05) is 6.54 Å². The highest BCUT2D eigenvalue weighted by Gasteiger charge is 2.27. The topological polar surface area (TPSA) is 69.8 Å². The van der Waals surface area contributed by atoms with E-state index in [1.165, 1.54) is 5.56 Å². The minimum Gasteiger partial charge on any atom is -0.347 e. The van der Waals surface area contributed by atoms with E-state index in [0.717, 1.165) is 24.4 Å². The Balaban J connectivity index is 1.77. The average molecular weight is 284 g/mol. The summed E-state index contributed by atoms with van der Waals surface area (Å²) in [5.41, 5.74) is 2.33. The summed E-state index contributed by atoms with van der Waals surface area (Å²) in [6, 6.07) is 8.06. The van der Waals surface area contributed by atoms with Gasteiger partial charge in [-0.05, 0) is 17.5 Å². The Labute approximate surface area is 124 Å². The van der Waals surface area contributed by atoms with Gasteiger partial charge < -0.3 is 15.6 Å². The lowest BCUT2D eigenvalue weighted by Gasteiger charge is -2.27. The van der Waals surface area contributed by atoms with Crippen molar-refractivity contribution in [1.29, 1.82) is 0 Å². The Hall–Kier alpha value is -2.14. The summed E-state index contributed by atoms with van der Waals surface area (Å²) in [6.07, 6.45) is 4.30. The fraction of sp³-hybridized carbons (Fsp3) is 0.375. The Morgan fingerprint density at radius 1 is 1.48 bits per heavy atom. The maximum Gasteiger partial charge on any atom is 0.229 e. The predicted octanol–water partition coefficient (Wildman–Crippen LogP) is 1.86. The van der Waals surface area contributed by atoms with E-state index in [4.69, 9.17) is 0 Å².